The highest BCUT2D eigenvalue weighted by Gasteiger charge is 2.27. The number of hydrogen-bond acceptors (Lipinski definition) is 0. The van der Waals surface area contributed by atoms with Crippen molar-refractivity contribution in [3.63, 3.8) is 0 Å². The van der Waals surface area contributed by atoms with Crippen molar-refractivity contribution in [2.24, 2.45) is 17.8 Å². The monoisotopic (exact) mass is 466 g/mol. The van der Waals surface area contributed by atoms with Crippen molar-refractivity contribution in [3.05, 3.63) is 34.3 Å². The number of unbranched alkanes of at least 4 members (excludes halogenated alkanes) is 2. The second kappa shape index (κ2) is 14.6. The van der Waals surface area contributed by atoms with E-state index in [1.807, 2.05) is 0 Å². The smallest absolute Gasteiger partial charge is 0.105 e. The number of nitrogens with zero attached hydrogens (tertiary/aromatic N) is 1. The Morgan fingerprint density at radius 3 is 1.76 bits per heavy atom. The Morgan fingerprint density at radius 1 is 0.793 bits per heavy atom. The third-order valence-electron chi connectivity index (χ3n) is 6.73. The highest BCUT2D eigenvalue weighted by molar-refractivity contribution is 9.10. The summed E-state index contributed by atoms with van der Waals surface area (Å²) in [7, 11) is 4.87. The molecule has 0 radical (unpaired) electrons. The fourth-order valence-electron chi connectivity index (χ4n) is 5.00. The molecular weight excluding hydrogens is 418 g/mol. The van der Waals surface area contributed by atoms with Gasteiger partial charge in [-0.2, -0.15) is 0 Å². The molecule has 0 aliphatic rings. The van der Waals surface area contributed by atoms with Gasteiger partial charge in [-0.1, -0.05) is 113 Å². The maximum atomic E-state index is 3.77. The van der Waals surface area contributed by atoms with Crippen molar-refractivity contribution in [1.82, 2.24) is 0 Å². The zero-order valence-electron chi connectivity index (χ0n) is 20.4. The number of benzene rings is 1. The van der Waals surface area contributed by atoms with E-state index in [0.29, 0.717) is 0 Å². The highest BCUT2D eigenvalue weighted by Crippen LogP contribution is 2.31. The number of rotatable bonds is 16. The van der Waals surface area contributed by atoms with Gasteiger partial charge in [0.05, 0.1) is 20.6 Å². The van der Waals surface area contributed by atoms with Crippen LogP contribution in [0.2, 0.25) is 0 Å². The zero-order valence-corrected chi connectivity index (χ0v) is 21.9. The summed E-state index contributed by atoms with van der Waals surface area (Å²) in [5.74, 6) is 2.66. The standard InChI is InChI=1S/C27H49BrN/c1-7-11-15-23(9-3)19-25(20-24(10-4)16-12-8-2)21-29(5,6)22-26-17-13-14-18-27(26)28/h13-14,17-18,23-25H,7-12,15-16,19-22H2,1-6H3/q+1. The lowest BCUT2D eigenvalue weighted by molar-refractivity contribution is -0.907. The van der Waals surface area contributed by atoms with E-state index in [1.54, 1.807) is 0 Å². The fourth-order valence-corrected chi connectivity index (χ4v) is 5.41. The molecule has 0 spiro atoms. The van der Waals surface area contributed by atoms with Crippen molar-refractivity contribution in [1.29, 1.82) is 0 Å². The summed E-state index contributed by atoms with van der Waals surface area (Å²) < 4.78 is 2.34. The van der Waals surface area contributed by atoms with Crippen molar-refractivity contribution in [2.45, 2.75) is 98.4 Å². The Bertz CT molecular complexity index is 521. The summed E-state index contributed by atoms with van der Waals surface area (Å²) in [5, 5.41) is 0. The Hall–Kier alpha value is -0.340. The summed E-state index contributed by atoms with van der Waals surface area (Å²) in [5.41, 5.74) is 1.44. The fraction of sp³-hybridized carbons (Fsp3) is 0.778. The van der Waals surface area contributed by atoms with Crippen molar-refractivity contribution in [3.8, 4) is 0 Å². The molecule has 0 amide bonds. The van der Waals surface area contributed by atoms with Gasteiger partial charge in [0.1, 0.15) is 6.54 Å². The van der Waals surface area contributed by atoms with Crippen LogP contribution in [-0.2, 0) is 6.54 Å². The van der Waals surface area contributed by atoms with Crippen molar-refractivity contribution >= 4 is 15.9 Å². The average Bonchev–Trinajstić information content (AvgIpc) is 2.69. The summed E-state index contributed by atoms with van der Waals surface area (Å²) >= 11 is 3.77. The molecule has 0 N–H and O–H groups in total. The molecule has 0 aliphatic heterocycles. The first-order chi connectivity index (χ1) is 13.8. The van der Waals surface area contributed by atoms with Crippen LogP contribution in [0.25, 0.3) is 0 Å². The SMILES string of the molecule is CCCCC(CC)CC(CC(CC)CCCC)C[N+](C)(C)Cc1ccccc1Br. The molecule has 29 heavy (non-hydrogen) atoms. The molecule has 2 unspecified atom stereocenters. The molecule has 2 atom stereocenters. The molecule has 2 heteroatoms. The molecule has 168 valence electrons. The van der Waals surface area contributed by atoms with Crippen LogP contribution < -0.4 is 0 Å². The van der Waals surface area contributed by atoms with Gasteiger partial charge >= 0.3 is 0 Å². The molecule has 0 aliphatic carbocycles. The van der Waals surface area contributed by atoms with Crippen LogP contribution in [0.1, 0.15) is 97.5 Å². The van der Waals surface area contributed by atoms with Crippen LogP contribution in [0.5, 0.6) is 0 Å². The van der Waals surface area contributed by atoms with E-state index in [-0.39, 0.29) is 0 Å². The Labute approximate surface area is 191 Å². The third-order valence-corrected chi connectivity index (χ3v) is 7.50. The largest absolute Gasteiger partial charge is 0.324 e. The minimum Gasteiger partial charge on any atom is -0.324 e. The maximum absolute atomic E-state index is 3.77. The van der Waals surface area contributed by atoms with Crippen molar-refractivity contribution in [2.75, 3.05) is 20.6 Å². The van der Waals surface area contributed by atoms with Crippen LogP contribution in [-0.4, -0.2) is 25.1 Å². The van der Waals surface area contributed by atoms with Gasteiger partial charge in [0, 0.05) is 16.0 Å². The van der Waals surface area contributed by atoms with E-state index >= 15 is 0 Å². The van der Waals surface area contributed by atoms with Crippen LogP contribution in [0.3, 0.4) is 0 Å². The number of hydrogen-bond donors (Lipinski definition) is 0. The number of halogens is 1. The number of quaternary nitrogens is 1. The molecule has 1 nitrogen and oxygen atoms in total. The van der Waals surface area contributed by atoms with Gasteiger partial charge in [0.25, 0.3) is 0 Å². The molecular formula is C27H49BrN+. The Morgan fingerprint density at radius 2 is 1.31 bits per heavy atom. The van der Waals surface area contributed by atoms with E-state index in [9.17, 15) is 0 Å². The predicted octanol–water partition coefficient (Wildman–Crippen LogP) is 8.85. The van der Waals surface area contributed by atoms with Gasteiger partial charge in [-0.15, -0.1) is 0 Å². The van der Waals surface area contributed by atoms with E-state index in [0.717, 1.165) is 28.8 Å². The van der Waals surface area contributed by atoms with Crippen LogP contribution in [0, 0.1) is 17.8 Å². The zero-order chi connectivity index (χ0) is 21.7. The van der Waals surface area contributed by atoms with E-state index in [1.165, 1.54) is 80.8 Å². The van der Waals surface area contributed by atoms with Gasteiger partial charge in [-0.3, -0.25) is 0 Å². The normalized spacial score (nSPS) is 15.3. The maximum Gasteiger partial charge on any atom is 0.105 e. The molecule has 1 aromatic rings. The second-order valence-corrected chi connectivity index (χ2v) is 10.9. The molecule has 0 aromatic heterocycles. The molecule has 0 bridgehead atoms. The van der Waals surface area contributed by atoms with E-state index < -0.39 is 0 Å². The lowest BCUT2D eigenvalue weighted by atomic mass is 9.81. The molecule has 0 saturated heterocycles. The lowest BCUT2D eigenvalue weighted by Crippen LogP contribution is -2.43. The first-order valence-electron chi connectivity index (χ1n) is 12.4. The highest BCUT2D eigenvalue weighted by atomic mass is 79.9. The minimum absolute atomic E-state index is 0.844. The summed E-state index contributed by atoms with van der Waals surface area (Å²) in [6, 6.07) is 8.76. The second-order valence-electron chi connectivity index (χ2n) is 10.0. The van der Waals surface area contributed by atoms with Crippen LogP contribution in [0.4, 0.5) is 0 Å². The topological polar surface area (TPSA) is 0 Å². The summed E-state index contributed by atoms with van der Waals surface area (Å²) in [6.45, 7) is 11.9. The van der Waals surface area contributed by atoms with Gasteiger partial charge in [-0.05, 0) is 30.7 Å². The van der Waals surface area contributed by atoms with Crippen LogP contribution in [0.15, 0.2) is 28.7 Å². The van der Waals surface area contributed by atoms with Crippen molar-refractivity contribution < 1.29 is 4.48 Å². The molecule has 1 rings (SSSR count). The van der Waals surface area contributed by atoms with Gasteiger partial charge in [0.15, 0.2) is 0 Å². The molecule has 1 aromatic carbocycles. The first kappa shape index (κ1) is 26.7. The Kier molecular flexibility index (Phi) is 13.5. The van der Waals surface area contributed by atoms with Crippen LogP contribution >= 0.6 is 15.9 Å². The van der Waals surface area contributed by atoms with E-state index in [4.69, 9.17) is 0 Å². The Balaban J connectivity index is 2.87. The third kappa shape index (κ3) is 11.0. The van der Waals surface area contributed by atoms with Gasteiger partial charge in [-0.25, -0.2) is 0 Å². The summed E-state index contributed by atoms with van der Waals surface area (Å²) in [6.07, 6.45) is 13.9. The quantitative estimate of drug-likeness (QED) is 0.213. The minimum atomic E-state index is 0.844. The van der Waals surface area contributed by atoms with Gasteiger partial charge < -0.3 is 4.48 Å². The van der Waals surface area contributed by atoms with E-state index in [2.05, 4.69) is 82.0 Å². The molecule has 0 heterocycles. The average molecular weight is 468 g/mol. The summed E-state index contributed by atoms with van der Waals surface area (Å²) in [4.78, 5) is 0. The first-order valence-corrected chi connectivity index (χ1v) is 13.2. The lowest BCUT2D eigenvalue weighted by Gasteiger charge is -2.36. The molecule has 0 fully saturated rings. The molecule has 0 saturated carbocycles. The predicted molar refractivity (Wildman–Crippen MR) is 134 cm³/mol. The van der Waals surface area contributed by atoms with Gasteiger partial charge in [0.2, 0.25) is 0 Å².